The molecule has 5 heteroatoms. The van der Waals surface area contributed by atoms with Gasteiger partial charge in [0.25, 0.3) is 0 Å². The summed E-state index contributed by atoms with van der Waals surface area (Å²) in [5.41, 5.74) is 5.87. The van der Waals surface area contributed by atoms with Crippen LogP contribution in [0, 0.1) is 5.92 Å². The Labute approximate surface area is 108 Å². The molecule has 0 heterocycles. The second-order valence-corrected chi connectivity index (χ2v) is 5.64. The van der Waals surface area contributed by atoms with Crippen molar-refractivity contribution in [1.82, 2.24) is 10.6 Å². The van der Waals surface area contributed by atoms with Crippen molar-refractivity contribution >= 4 is 11.8 Å². The zero-order chi connectivity index (χ0) is 13.1. The van der Waals surface area contributed by atoms with Crippen molar-refractivity contribution in [3.63, 3.8) is 0 Å². The molecule has 5 nitrogen and oxygen atoms in total. The highest BCUT2D eigenvalue weighted by molar-refractivity contribution is 5.88. The number of carbonyl (C=O) groups excluding carboxylic acids is 2. The van der Waals surface area contributed by atoms with Gasteiger partial charge in [0.2, 0.25) is 11.8 Å². The Balaban J connectivity index is 1.76. The molecule has 2 fully saturated rings. The van der Waals surface area contributed by atoms with Crippen molar-refractivity contribution in [2.24, 2.45) is 11.7 Å². The molecule has 3 unspecified atom stereocenters. The normalized spacial score (nSPS) is 29.4. The number of rotatable bonds is 4. The topological polar surface area (TPSA) is 84.2 Å². The van der Waals surface area contributed by atoms with Crippen molar-refractivity contribution in [3.8, 4) is 0 Å². The van der Waals surface area contributed by atoms with Gasteiger partial charge in [-0.2, -0.15) is 0 Å². The Morgan fingerprint density at radius 1 is 1.22 bits per heavy atom. The van der Waals surface area contributed by atoms with E-state index in [1.165, 1.54) is 0 Å². The molecule has 0 aromatic carbocycles. The molecule has 0 radical (unpaired) electrons. The molecule has 0 bridgehead atoms. The third-order valence-corrected chi connectivity index (χ3v) is 3.76. The summed E-state index contributed by atoms with van der Waals surface area (Å²) >= 11 is 0. The maximum atomic E-state index is 12.0. The first kappa shape index (κ1) is 13.3. The predicted molar refractivity (Wildman–Crippen MR) is 68.7 cm³/mol. The lowest BCUT2D eigenvalue weighted by Gasteiger charge is -2.26. The lowest BCUT2D eigenvalue weighted by atomic mass is 9.85. The summed E-state index contributed by atoms with van der Waals surface area (Å²) in [4.78, 5) is 23.7. The van der Waals surface area contributed by atoms with Crippen LogP contribution in [0.1, 0.15) is 45.4 Å². The fraction of sp³-hybridized carbons (Fsp3) is 0.846. The first-order valence-corrected chi connectivity index (χ1v) is 6.92. The maximum absolute atomic E-state index is 12.0. The van der Waals surface area contributed by atoms with Crippen LogP contribution in [0.2, 0.25) is 0 Å². The standard InChI is InChI=1S/C13H23N3O2/c1-8(12(17)16-11-5-6-11)15-13(18)9-3-2-4-10(14)7-9/h8-11H,2-7,14H2,1H3,(H,15,18)(H,16,17). The predicted octanol–water partition coefficient (Wildman–Crippen LogP) is 0.287. The molecule has 102 valence electrons. The summed E-state index contributed by atoms with van der Waals surface area (Å²) in [6, 6.07) is 0.0151. The molecule has 2 amide bonds. The van der Waals surface area contributed by atoms with Gasteiger partial charge in [-0.25, -0.2) is 0 Å². The van der Waals surface area contributed by atoms with E-state index in [4.69, 9.17) is 5.73 Å². The number of hydrogen-bond acceptors (Lipinski definition) is 3. The van der Waals surface area contributed by atoms with Gasteiger partial charge in [0, 0.05) is 18.0 Å². The molecule has 2 rings (SSSR count). The maximum Gasteiger partial charge on any atom is 0.242 e. The van der Waals surface area contributed by atoms with E-state index in [0.29, 0.717) is 6.04 Å². The molecule has 0 aliphatic heterocycles. The van der Waals surface area contributed by atoms with E-state index in [9.17, 15) is 9.59 Å². The lowest BCUT2D eigenvalue weighted by molar-refractivity contribution is -0.131. The zero-order valence-corrected chi connectivity index (χ0v) is 10.9. The van der Waals surface area contributed by atoms with Crippen LogP contribution in [0.5, 0.6) is 0 Å². The third-order valence-electron chi connectivity index (χ3n) is 3.76. The highest BCUT2D eigenvalue weighted by atomic mass is 16.2. The highest BCUT2D eigenvalue weighted by Gasteiger charge is 2.29. The lowest BCUT2D eigenvalue weighted by Crippen LogP contribution is -2.48. The Bertz CT molecular complexity index is 328. The molecule has 0 saturated heterocycles. The molecule has 0 spiro atoms. The largest absolute Gasteiger partial charge is 0.352 e. The van der Waals surface area contributed by atoms with Crippen molar-refractivity contribution in [2.75, 3.05) is 0 Å². The highest BCUT2D eigenvalue weighted by Crippen LogP contribution is 2.23. The Hall–Kier alpha value is -1.10. The second-order valence-electron chi connectivity index (χ2n) is 5.64. The van der Waals surface area contributed by atoms with E-state index in [1.54, 1.807) is 6.92 Å². The van der Waals surface area contributed by atoms with Gasteiger partial charge < -0.3 is 16.4 Å². The summed E-state index contributed by atoms with van der Waals surface area (Å²) in [5.74, 6) is -0.125. The van der Waals surface area contributed by atoms with E-state index < -0.39 is 6.04 Å². The minimum atomic E-state index is -0.448. The van der Waals surface area contributed by atoms with Crippen LogP contribution in [0.4, 0.5) is 0 Å². The van der Waals surface area contributed by atoms with Crippen molar-refractivity contribution in [1.29, 1.82) is 0 Å². The quantitative estimate of drug-likeness (QED) is 0.673. The van der Waals surface area contributed by atoms with E-state index >= 15 is 0 Å². The number of hydrogen-bond donors (Lipinski definition) is 3. The van der Waals surface area contributed by atoms with Crippen LogP contribution >= 0.6 is 0 Å². The van der Waals surface area contributed by atoms with Crippen LogP contribution in [-0.2, 0) is 9.59 Å². The Kier molecular flexibility index (Phi) is 4.22. The van der Waals surface area contributed by atoms with Crippen molar-refractivity contribution < 1.29 is 9.59 Å². The summed E-state index contributed by atoms with van der Waals surface area (Å²) in [5, 5.41) is 5.69. The molecule has 3 atom stereocenters. The van der Waals surface area contributed by atoms with Gasteiger partial charge in [-0.3, -0.25) is 9.59 Å². The van der Waals surface area contributed by atoms with Gasteiger partial charge >= 0.3 is 0 Å². The summed E-state index contributed by atoms with van der Waals surface area (Å²) in [6.07, 6.45) is 5.75. The first-order valence-electron chi connectivity index (χ1n) is 6.92. The van der Waals surface area contributed by atoms with Crippen LogP contribution in [-0.4, -0.2) is 29.9 Å². The molecule has 2 aliphatic carbocycles. The average Bonchev–Trinajstić information content (AvgIpc) is 3.12. The summed E-state index contributed by atoms with van der Waals surface area (Å²) in [6.45, 7) is 1.73. The molecular formula is C13H23N3O2. The van der Waals surface area contributed by atoms with Crippen LogP contribution < -0.4 is 16.4 Å². The van der Waals surface area contributed by atoms with E-state index in [2.05, 4.69) is 10.6 Å². The minimum absolute atomic E-state index is 0.0232. The van der Waals surface area contributed by atoms with E-state index in [1.807, 2.05) is 0 Å². The number of nitrogens with one attached hydrogen (secondary N) is 2. The van der Waals surface area contributed by atoms with Gasteiger partial charge in [0.1, 0.15) is 6.04 Å². The van der Waals surface area contributed by atoms with E-state index in [0.717, 1.165) is 38.5 Å². The van der Waals surface area contributed by atoms with Gasteiger partial charge in [0.15, 0.2) is 0 Å². The van der Waals surface area contributed by atoms with Gasteiger partial charge in [0.05, 0.1) is 0 Å². The molecule has 0 aromatic rings. The first-order chi connectivity index (χ1) is 8.56. The average molecular weight is 253 g/mol. The molecule has 2 aliphatic rings. The number of amides is 2. The monoisotopic (exact) mass is 253 g/mol. The van der Waals surface area contributed by atoms with Crippen LogP contribution in [0.15, 0.2) is 0 Å². The zero-order valence-electron chi connectivity index (χ0n) is 10.9. The molecule has 2 saturated carbocycles. The van der Waals surface area contributed by atoms with Gasteiger partial charge in [-0.15, -0.1) is 0 Å². The fourth-order valence-corrected chi connectivity index (χ4v) is 2.42. The van der Waals surface area contributed by atoms with Crippen LogP contribution in [0.25, 0.3) is 0 Å². The second kappa shape index (κ2) is 5.69. The molecule has 4 N–H and O–H groups in total. The SMILES string of the molecule is CC(NC(=O)C1CCCC(N)C1)C(=O)NC1CC1. The smallest absolute Gasteiger partial charge is 0.242 e. The third kappa shape index (κ3) is 3.70. The van der Waals surface area contributed by atoms with Gasteiger partial charge in [-0.1, -0.05) is 6.42 Å². The number of nitrogens with two attached hydrogens (primary N) is 1. The van der Waals surface area contributed by atoms with Crippen molar-refractivity contribution in [2.45, 2.75) is 63.6 Å². The summed E-state index contributed by atoms with van der Waals surface area (Å²) < 4.78 is 0. The van der Waals surface area contributed by atoms with Crippen molar-refractivity contribution in [3.05, 3.63) is 0 Å². The van der Waals surface area contributed by atoms with E-state index in [-0.39, 0.29) is 23.8 Å². The fourth-order valence-electron chi connectivity index (χ4n) is 2.42. The molecule has 18 heavy (non-hydrogen) atoms. The minimum Gasteiger partial charge on any atom is -0.352 e. The summed E-state index contributed by atoms with van der Waals surface area (Å²) in [7, 11) is 0. The molecular weight excluding hydrogens is 230 g/mol. The Morgan fingerprint density at radius 2 is 1.94 bits per heavy atom. The van der Waals surface area contributed by atoms with Crippen LogP contribution in [0.3, 0.4) is 0 Å². The molecule has 0 aromatic heterocycles. The van der Waals surface area contributed by atoms with Gasteiger partial charge in [-0.05, 0) is 39.0 Å². The Morgan fingerprint density at radius 3 is 2.56 bits per heavy atom. The number of carbonyl (C=O) groups is 2.